The van der Waals surface area contributed by atoms with Gasteiger partial charge in [0, 0.05) is 11.8 Å². The van der Waals surface area contributed by atoms with E-state index in [4.69, 9.17) is 4.99 Å². The van der Waals surface area contributed by atoms with Crippen molar-refractivity contribution in [2.75, 3.05) is 5.75 Å². The minimum atomic E-state index is 0.633. The Hall–Kier alpha value is -0.180. The van der Waals surface area contributed by atoms with Crippen molar-refractivity contribution in [1.82, 2.24) is 5.32 Å². The molecule has 3 aliphatic rings. The number of aliphatic imine (C=N–C) groups is 1. The molecule has 3 rings (SSSR count). The number of fused-ring (bicyclic) bond motifs is 1. The second-order valence-corrected chi connectivity index (χ2v) is 7.88. The highest BCUT2D eigenvalue weighted by atomic mass is 32.2. The lowest BCUT2D eigenvalue weighted by atomic mass is 9.78. The minimum Gasteiger partial charge on any atom is -0.362 e. The van der Waals surface area contributed by atoms with E-state index in [1.807, 2.05) is 11.8 Å². The van der Waals surface area contributed by atoms with Crippen LogP contribution in [0.4, 0.5) is 0 Å². The van der Waals surface area contributed by atoms with Gasteiger partial charge in [0.25, 0.3) is 0 Å². The van der Waals surface area contributed by atoms with Crippen molar-refractivity contribution >= 4 is 16.9 Å². The van der Waals surface area contributed by atoms with Gasteiger partial charge in [-0.2, -0.15) is 0 Å². The highest BCUT2D eigenvalue weighted by Crippen LogP contribution is 2.35. The highest BCUT2D eigenvalue weighted by Gasteiger charge is 2.32. The van der Waals surface area contributed by atoms with Crippen LogP contribution in [0.15, 0.2) is 4.99 Å². The van der Waals surface area contributed by atoms with E-state index in [-0.39, 0.29) is 0 Å². The topological polar surface area (TPSA) is 24.4 Å². The Labute approximate surface area is 122 Å². The average molecular weight is 280 g/mol. The summed E-state index contributed by atoms with van der Waals surface area (Å²) in [5.41, 5.74) is 0. The Kier molecular flexibility index (Phi) is 4.40. The molecule has 1 heterocycles. The fourth-order valence-electron chi connectivity index (χ4n) is 3.95. The first kappa shape index (κ1) is 13.8. The zero-order valence-electron chi connectivity index (χ0n) is 12.4. The first-order valence-electron chi connectivity index (χ1n) is 8.21. The van der Waals surface area contributed by atoms with E-state index in [2.05, 4.69) is 19.2 Å². The quantitative estimate of drug-likeness (QED) is 0.783. The molecular formula is C16H28N2S. The molecule has 2 nitrogen and oxygen atoms in total. The van der Waals surface area contributed by atoms with Crippen molar-refractivity contribution in [2.45, 2.75) is 70.9 Å². The zero-order chi connectivity index (χ0) is 13.2. The summed E-state index contributed by atoms with van der Waals surface area (Å²) in [6.07, 6.45) is 9.67. The van der Waals surface area contributed by atoms with E-state index in [1.54, 1.807) is 0 Å². The summed E-state index contributed by atoms with van der Waals surface area (Å²) in [6, 6.07) is 1.30. The van der Waals surface area contributed by atoms with Crippen LogP contribution < -0.4 is 5.32 Å². The second-order valence-electron chi connectivity index (χ2n) is 6.88. The molecule has 1 aliphatic heterocycles. The van der Waals surface area contributed by atoms with Crippen molar-refractivity contribution in [3.05, 3.63) is 0 Å². The van der Waals surface area contributed by atoms with Crippen LogP contribution in [-0.2, 0) is 0 Å². The Balaban J connectivity index is 1.61. The SMILES string of the molecule is CC1CCCC(NC2=NC3CCCCC3CS2)C1C. The molecule has 5 unspecified atom stereocenters. The molecule has 2 aliphatic carbocycles. The van der Waals surface area contributed by atoms with E-state index in [9.17, 15) is 0 Å². The molecule has 0 amide bonds. The van der Waals surface area contributed by atoms with E-state index in [0.717, 1.165) is 17.8 Å². The number of hydrogen-bond donors (Lipinski definition) is 1. The van der Waals surface area contributed by atoms with Gasteiger partial charge in [0.15, 0.2) is 5.17 Å². The molecule has 0 spiro atoms. The third-order valence-electron chi connectivity index (χ3n) is 5.60. The average Bonchev–Trinajstić information content (AvgIpc) is 2.44. The molecular weight excluding hydrogens is 252 g/mol. The normalized spacial score (nSPS) is 43.3. The van der Waals surface area contributed by atoms with Crippen LogP contribution in [0.1, 0.15) is 58.8 Å². The summed E-state index contributed by atoms with van der Waals surface area (Å²) >= 11 is 1.98. The smallest absolute Gasteiger partial charge is 0.157 e. The minimum absolute atomic E-state index is 0.633. The van der Waals surface area contributed by atoms with Gasteiger partial charge in [0.1, 0.15) is 0 Å². The van der Waals surface area contributed by atoms with Gasteiger partial charge in [0.05, 0.1) is 6.04 Å². The molecule has 0 aromatic heterocycles. The largest absolute Gasteiger partial charge is 0.362 e. The highest BCUT2D eigenvalue weighted by molar-refractivity contribution is 8.13. The van der Waals surface area contributed by atoms with Crippen LogP contribution in [0.3, 0.4) is 0 Å². The summed E-state index contributed by atoms with van der Waals surface area (Å²) in [4.78, 5) is 5.03. The molecule has 3 heteroatoms. The van der Waals surface area contributed by atoms with Crippen molar-refractivity contribution in [1.29, 1.82) is 0 Å². The summed E-state index contributed by atoms with van der Waals surface area (Å²) < 4.78 is 0. The molecule has 0 aromatic carbocycles. The Bertz CT molecular complexity index is 342. The first-order valence-corrected chi connectivity index (χ1v) is 9.19. The van der Waals surface area contributed by atoms with Crippen LogP contribution in [0.5, 0.6) is 0 Å². The van der Waals surface area contributed by atoms with E-state index < -0.39 is 0 Å². The summed E-state index contributed by atoms with van der Waals surface area (Å²) in [5.74, 6) is 3.82. The van der Waals surface area contributed by atoms with E-state index in [0.29, 0.717) is 12.1 Å². The number of amidine groups is 1. The van der Waals surface area contributed by atoms with Crippen molar-refractivity contribution in [3.8, 4) is 0 Å². The molecule has 19 heavy (non-hydrogen) atoms. The van der Waals surface area contributed by atoms with Crippen LogP contribution in [0.2, 0.25) is 0 Å². The molecule has 108 valence electrons. The van der Waals surface area contributed by atoms with Crippen LogP contribution >= 0.6 is 11.8 Å². The summed E-state index contributed by atoms with van der Waals surface area (Å²) in [5, 5.41) is 5.04. The first-order chi connectivity index (χ1) is 9.24. The van der Waals surface area contributed by atoms with Gasteiger partial charge in [-0.3, -0.25) is 4.99 Å². The third-order valence-corrected chi connectivity index (χ3v) is 6.69. The second kappa shape index (κ2) is 6.07. The summed E-state index contributed by atoms with van der Waals surface area (Å²) in [6.45, 7) is 4.82. The maximum absolute atomic E-state index is 5.03. The maximum Gasteiger partial charge on any atom is 0.157 e. The maximum atomic E-state index is 5.03. The van der Waals surface area contributed by atoms with Crippen molar-refractivity contribution in [2.24, 2.45) is 22.7 Å². The van der Waals surface area contributed by atoms with Gasteiger partial charge in [-0.1, -0.05) is 51.3 Å². The fraction of sp³-hybridized carbons (Fsp3) is 0.938. The van der Waals surface area contributed by atoms with E-state index >= 15 is 0 Å². The van der Waals surface area contributed by atoms with E-state index in [1.165, 1.54) is 55.9 Å². The number of thioether (sulfide) groups is 1. The molecule has 2 saturated carbocycles. The number of nitrogens with zero attached hydrogens (tertiary/aromatic N) is 1. The Morgan fingerprint density at radius 2 is 1.89 bits per heavy atom. The van der Waals surface area contributed by atoms with Crippen LogP contribution in [0, 0.1) is 17.8 Å². The molecule has 1 N–H and O–H groups in total. The van der Waals surface area contributed by atoms with Crippen molar-refractivity contribution in [3.63, 3.8) is 0 Å². The van der Waals surface area contributed by atoms with Gasteiger partial charge in [0.2, 0.25) is 0 Å². The number of hydrogen-bond acceptors (Lipinski definition) is 3. The standard InChI is InChI=1S/C16H28N2S/c1-11-6-5-9-14(12(11)2)17-16-18-15-8-4-3-7-13(15)10-19-16/h11-15H,3-10H2,1-2H3,(H,17,18). The number of nitrogens with one attached hydrogen (secondary N) is 1. The third kappa shape index (κ3) is 3.12. The predicted octanol–water partition coefficient (Wildman–Crippen LogP) is 4.06. The lowest BCUT2D eigenvalue weighted by Gasteiger charge is -2.38. The van der Waals surface area contributed by atoms with Crippen molar-refractivity contribution < 1.29 is 0 Å². The van der Waals surface area contributed by atoms with Gasteiger partial charge in [-0.15, -0.1) is 0 Å². The Morgan fingerprint density at radius 3 is 2.79 bits per heavy atom. The van der Waals surface area contributed by atoms with Gasteiger partial charge < -0.3 is 5.32 Å². The zero-order valence-corrected chi connectivity index (χ0v) is 13.2. The summed E-state index contributed by atoms with van der Waals surface area (Å²) in [7, 11) is 0. The Morgan fingerprint density at radius 1 is 1.05 bits per heavy atom. The van der Waals surface area contributed by atoms with Crippen LogP contribution in [-0.4, -0.2) is 23.0 Å². The molecule has 2 fully saturated rings. The lowest BCUT2D eigenvalue weighted by Crippen LogP contribution is -2.45. The lowest BCUT2D eigenvalue weighted by molar-refractivity contribution is 0.225. The molecule has 0 saturated heterocycles. The van der Waals surface area contributed by atoms with Gasteiger partial charge in [-0.05, 0) is 37.0 Å². The number of rotatable bonds is 1. The molecule has 0 radical (unpaired) electrons. The van der Waals surface area contributed by atoms with Crippen LogP contribution in [0.25, 0.3) is 0 Å². The fourth-order valence-corrected chi connectivity index (χ4v) is 5.15. The van der Waals surface area contributed by atoms with Gasteiger partial charge in [-0.25, -0.2) is 0 Å². The molecule has 0 bridgehead atoms. The predicted molar refractivity (Wildman–Crippen MR) is 84.7 cm³/mol. The molecule has 0 aromatic rings. The molecule has 5 atom stereocenters. The van der Waals surface area contributed by atoms with Gasteiger partial charge >= 0.3 is 0 Å². The monoisotopic (exact) mass is 280 g/mol.